The molecule has 0 radical (unpaired) electrons. The van der Waals surface area contributed by atoms with Gasteiger partial charge in [-0.15, -0.1) is 10.2 Å². The van der Waals surface area contributed by atoms with Crippen LogP contribution in [0.25, 0.3) is 5.65 Å². The van der Waals surface area contributed by atoms with Gasteiger partial charge in [0.05, 0.1) is 12.0 Å². The lowest BCUT2D eigenvalue weighted by Gasteiger charge is -2.35. The van der Waals surface area contributed by atoms with Crippen LogP contribution in [-0.4, -0.2) is 32.6 Å². The fraction of sp³-hybridized carbons (Fsp3) is 0.381. The Bertz CT molecular complexity index is 969. The minimum absolute atomic E-state index is 0.124. The number of hydrogen-bond acceptors (Lipinski definition) is 4. The Labute approximate surface area is 158 Å². The Morgan fingerprint density at radius 1 is 1.15 bits per heavy atom. The van der Waals surface area contributed by atoms with Gasteiger partial charge < -0.3 is 10.6 Å². The second-order valence-electron chi connectivity index (χ2n) is 7.74. The van der Waals surface area contributed by atoms with E-state index in [0.717, 1.165) is 30.7 Å². The molecule has 3 atom stereocenters. The summed E-state index contributed by atoms with van der Waals surface area (Å²) < 4.78 is 1.92. The molecule has 6 nitrogen and oxygen atoms in total. The molecular weight excluding hydrogens is 338 g/mol. The standard InChI is InChI=1S/C21H23N5O/c27-20(22-14-19-25-24-18-8-4-5-11-26(18)19)21(12-15-6-2-1-3-7-15)13-16-9-10-17(21)23-16/h1-8,11,16-17,23H,9-10,12-14H2,(H,22,27)/t16-,17+,21+/m1/s1. The smallest absolute Gasteiger partial charge is 0.228 e. The van der Waals surface area contributed by atoms with Crippen molar-refractivity contribution in [1.82, 2.24) is 25.2 Å². The zero-order valence-corrected chi connectivity index (χ0v) is 15.1. The minimum Gasteiger partial charge on any atom is -0.348 e. The lowest BCUT2D eigenvalue weighted by molar-refractivity contribution is -0.132. The van der Waals surface area contributed by atoms with Crippen LogP contribution >= 0.6 is 0 Å². The summed E-state index contributed by atoms with van der Waals surface area (Å²) in [5.41, 5.74) is 1.63. The molecular formula is C21H23N5O. The van der Waals surface area contributed by atoms with E-state index in [1.165, 1.54) is 12.0 Å². The molecule has 6 heteroatoms. The Kier molecular flexibility index (Phi) is 3.93. The Morgan fingerprint density at radius 2 is 2.00 bits per heavy atom. The Morgan fingerprint density at radius 3 is 2.78 bits per heavy atom. The van der Waals surface area contributed by atoms with Crippen LogP contribution in [0.5, 0.6) is 0 Å². The molecule has 0 unspecified atom stereocenters. The third kappa shape index (κ3) is 2.80. The van der Waals surface area contributed by atoms with Crippen LogP contribution in [0.3, 0.4) is 0 Å². The average Bonchev–Trinajstić information content (AvgIpc) is 3.42. The van der Waals surface area contributed by atoms with Crippen LogP contribution in [0.4, 0.5) is 0 Å². The molecule has 0 aliphatic carbocycles. The molecule has 1 amide bonds. The number of fused-ring (bicyclic) bond motifs is 3. The highest BCUT2D eigenvalue weighted by Crippen LogP contribution is 2.46. The SMILES string of the molecule is O=C(NCc1nnc2ccccn12)[C@@]1(Cc2ccccc2)C[C@H]2CC[C@@H]1N2. The van der Waals surface area contributed by atoms with E-state index in [1.54, 1.807) is 0 Å². The van der Waals surface area contributed by atoms with E-state index in [-0.39, 0.29) is 17.4 Å². The summed E-state index contributed by atoms with van der Waals surface area (Å²) in [5.74, 6) is 0.878. The van der Waals surface area contributed by atoms with Crippen LogP contribution in [0.1, 0.15) is 30.7 Å². The summed E-state index contributed by atoms with van der Waals surface area (Å²) in [6.07, 6.45) is 5.84. The number of hydrogen-bond donors (Lipinski definition) is 2. The van der Waals surface area contributed by atoms with E-state index in [4.69, 9.17) is 0 Å². The van der Waals surface area contributed by atoms with E-state index >= 15 is 0 Å². The highest BCUT2D eigenvalue weighted by atomic mass is 16.2. The van der Waals surface area contributed by atoms with Gasteiger partial charge in [-0.05, 0) is 43.4 Å². The number of nitrogens with one attached hydrogen (secondary N) is 2. The van der Waals surface area contributed by atoms with Crippen molar-refractivity contribution in [2.75, 3.05) is 0 Å². The first-order valence-electron chi connectivity index (χ1n) is 9.61. The molecule has 27 heavy (non-hydrogen) atoms. The van der Waals surface area contributed by atoms with Crippen molar-refractivity contribution in [3.8, 4) is 0 Å². The molecule has 2 aliphatic heterocycles. The fourth-order valence-corrected chi connectivity index (χ4v) is 4.83. The predicted octanol–water partition coefficient (Wildman–Crippen LogP) is 2.10. The van der Waals surface area contributed by atoms with Crippen molar-refractivity contribution in [2.24, 2.45) is 5.41 Å². The van der Waals surface area contributed by atoms with Gasteiger partial charge in [0.15, 0.2) is 11.5 Å². The van der Waals surface area contributed by atoms with Crippen molar-refractivity contribution in [3.63, 3.8) is 0 Å². The van der Waals surface area contributed by atoms with Crippen molar-refractivity contribution in [1.29, 1.82) is 0 Å². The van der Waals surface area contributed by atoms with Gasteiger partial charge in [0.25, 0.3) is 0 Å². The summed E-state index contributed by atoms with van der Waals surface area (Å²) in [4.78, 5) is 13.4. The maximum atomic E-state index is 13.4. The van der Waals surface area contributed by atoms with Crippen molar-refractivity contribution in [3.05, 3.63) is 66.1 Å². The molecule has 2 bridgehead atoms. The first-order valence-corrected chi connectivity index (χ1v) is 9.61. The summed E-state index contributed by atoms with van der Waals surface area (Å²) >= 11 is 0. The summed E-state index contributed by atoms with van der Waals surface area (Å²) in [5, 5.41) is 15.2. The number of rotatable bonds is 5. The molecule has 1 aromatic carbocycles. The number of carbonyl (C=O) groups is 1. The molecule has 2 aromatic heterocycles. The molecule has 4 heterocycles. The maximum absolute atomic E-state index is 13.4. The van der Waals surface area contributed by atoms with Gasteiger partial charge in [-0.3, -0.25) is 9.20 Å². The lowest BCUT2D eigenvalue weighted by Crippen LogP contribution is -2.49. The van der Waals surface area contributed by atoms with E-state index in [9.17, 15) is 4.79 Å². The molecule has 3 aromatic rings. The van der Waals surface area contributed by atoms with Gasteiger partial charge in [-0.25, -0.2) is 0 Å². The molecule has 2 aliphatic rings. The van der Waals surface area contributed by atoms with E-state index in [1.807, 2.05) is 47.0 Å². The Balaban J connectivity index is 1.38. The lowest BCUT2D eigenvalue weighted by atomic mass is 9.69. The molecule has 2 fully saturated rings. The first-order chi connectivity index (χ1) is 13.2. The van der Waals surface area contributed by atoms with Gasteiger partial charge in [0.2, 0.25) is 5.91 Å². The molecule has 0 saturated carbocycles. The average molecular weight is 361 g/mol. The topological polar surface area (TPSA) is 71.3 Å². The number of benzene rings is 1. The minimum atomic E-state index is -0.384. The van der Waals surface area contributed by atoms with Gasteiger partial charge in [0.1, 0.15) is 0 Å². The Hall–Kier alpha value is -2.73. The third-order valence-electron chi connectivity index (χ3n) is 6.12. The van der Waals surface area contributed by atoms with Crippen molar-refractivity contribution >= 4 is 11.6 Å². The number of amides is 1. The number of carbonyl (C=O) groups excluding carboxylic acids is 1. The zero-order chi connectivity index (χ0) is 18.3. The van der Waals surface area contributed by atoms with E-state index in [2.05, 4.69) is 33.0 Å². The van der Waals surface area contributed by atoms with Crippen molar-refractivity contribution in [2.45, 2.75) is 44.3 Å². The second-order valence-corrected chi connectivity index (χ2v) is 7.74. The molecule has 2 saturated heterocycles. The second kappa shape index (κ2) is 6.46. The zero-order valence-electron chi connectivity index (χ0n) is 15.1. The van der Waals surface area contributed by atoms with Crippen LogP contribution in [0.15, 0.2) is 54.7 Å². The molecule has 2 N–H and O–H groups in total. The predicted molar refractivity (Wildman–Crippen MR) is 102 cm³/mol. The van der Waals surface area contributed by atoms with Gasteiger partial charge in [-0.2, -0.15) is 0 Å². The van der Waals surface area contributed by atoms with Crippen LogP contribution in [0, 0.1) is 5.41 Å². The van der Waals surface area contributed by atoms with Gasteiger partial charge in [0, 0.05) is 18.3 Å². The number of aromatic nitrogens is 3. The van der Waals surface area contributed by atoms with E-state index in [0.29, 0.717) is 12.6 Å². The molecule has 5 rings (SSSR count). The summed E-state index contributed by atoms with van der Waals surface area (Å²) in [6.45, 7) is 0.387. The van der Waals surface area contributed by atoms with Gasteiger partial charge in [-0.1, -0.05) is 36.4 Å². The maximum Gasteiger partial charge on any atom is 0.228 e. The number of nitrogens with zero attached hydrogens (tertiary/aromatic N) is 3. The van der Waals surface area contributed by atoms with E-state index < -0.39 is 0 Å². The highest BCUT2D eigenvalue weighted by molar-refractivity contribution is 5.84. The van der Waals surface area contributed by atoms with Crippen molar-refractivity contribution < 1.29 is 4.79 Å². The van der Waals surface area contributed by atoms with Gasteiger partial charge >= 0.3 is 0 Å². The normalized spacial score (nSPS) is 26.5. The number of pyridine rings is 1. The quantitative estimate of drug-likeness (QED) is 0.730. The molecule has 0 spiro atoms. The summed E-state index contributed by atoms with van der Waals surface area (Å²) in [6, 6.07) is 16.8. The monoisotopic (exact) mass is 361 g/mol. The summed E-state index contributed by atoms with van der Waals surface area (Å²) in [7, 11) is 0. The van der Waals surface area contributed by atoms with Crippen LogP contribution < -0.4 is 10.6 Å². The largest absolute Gasteiger partial charge is 0.348 e. The highest BCUT2D eigenvalue weighted by Gasteiger charge is 2.55. The first kappa shape index (κ1) is 16.4. The third-order valence-corrected chi connectivity index (χ3v) is 6.12. The molecule has 138 valence electrons. The fourth-order valence-electron chi connectivity index (χ4n) is 4.83. The van der Waals surface area contributed by atoms with Crippen LogP contribution in [-0.2, 0) is 17.8 Å². The van der Waals surface area contributed by atoms with Crippen LogP contribution in [0.2, 0.25) is 0 Å².